The van der Waals surface area contributed by atoms with Crippen molar-refractivity contribution in [3.05, 3.63) is 105 Å². The molecule has 0 atom stereocenters. The number of rotatable bonds is 4. The predicted molar refractivity (Wildman–Crippen MR) is 115 cm³/mol. The molecule has 0 radical (unpaired) electrons. The van der Waals surface area contributed by atoms with Crippen LogP contribution >= 0.6 is 23.2 Å². The van der Waals surface area contributed by atoms with Crippen molar-refractivity contribution in [2.24, 2.45) is 5.16 Å². The van der Waals surface area contributed by atoms with Crippen molar-refractivity contribution < 1.29 is 19.2 Å². The van der Waals surface area contributed by atoms with Crippen molar-refractivity contribution in [1.29, 1.82) is 0 Å². The molecule has 4 rings (SSSR count). The summed E-state index contributed by atoms with van der Waals surface area (Å²) in [6.07, 6.45) is 1.66. The van der Waals surface area contributed by atoms with Gasteiger partial charge in [-0.05, 0) is 60.2 Å². The van der Waals surface area contributed by atoms with Gasteiger partial charge in [0.15, 0.2) is 0 Å². The molecule has 1 aliphatic rings. The second kappa shape index (κ2) is 8.53. The van der Waals surface area contributed by atoms with Crippen molar-refractivity contribution in [3.63, 3.8) is 0 Å². The topological polar surface area (TPSA) is 65.0 Å². The summed E-state index contributed by atoms with van der Waals surface area (Å²) in [7, 11) is 0. The highest BCUT2D eigenvalue weighted by Gasteiger charge is 2.26. The third-order valence-corrected chi connectivity index (χ3v) is 4.80. The molecule has 3 aromatic carbocycles. The van der Waals surface area contributed by atoms with Gasteiger partial charge in [-0.25, -0.2) is 9.59 Å². The van der Waals surface area contributed by atoms with Crippen LogP contribution in [0.15, 0.2) is 83.5 Å². The quantitative estimate of drug-likeness (QED) is 0.232. The molecule has 0 aliphatic carbocycles. The maximum atomic E-state index is 12.2. The Morgan fingerprint density at radius 1 is 0.867 bits per heavy atom. The molecule has 7 heteroatoms. The molecule has 0 fully saturated rings. The van der Waals surface area contributed by atoms with E-state index in [0.717, 1.165) is 5.56 Å². The van der Waals surface area contributed by atoms with E-state index in [1.165, 1.54) is 0 Å². The Labute approximate surface area is 182 Å². The van der Waals surface area contributed by atoms with Crippen LogP contribution in [0.4, 0.5) is 0 Å². The summed E-state index contributed by atoms with van der Waals surface area (Å²) < 4.78 is 5.36. The summed E-state index contributed by atoms with van der Waals surface area (Å²) in [4.78, 5) is 29.1. The summed E-state index contributed by atoms with van der Waals surface area (Å²) in [6, 6.07) is 20.1. The SMILES string of the molecule is O=C1ON=C(c2ccc(Cl)cc2)/C1=C\c1ccc(OC(=O)c2ccc(Cl)cc2)cc1. The standard InChI is InChI=1S/C23H13Cl2NO4/c24-17-7-3-15(4-8-17)21-20(23(28)30-26-21)13-14-1-11-19(12-2-14)29-22(27)16-5-9-18(25)10-6-16/h1-13H/b20-13+. The first-order valence-electron chi connectivity index (χ1n) is 8.85. The van der Waals surface area contributed by atoms with Crippen LogP contribution in [0.5, 0.6) is 5.75 Å². The van der Waals surface area contributed by atoms with Gasteiger partial charge in [0, 0.05) is 15.6 Å². The molecule has 0 aromatic heterocycles. The fourth-order valence-corrected chi connectivity index (χ4v) is 3.03. The largest absolute Gasteiger partial charge is 0.423 e. The third kappa shape index (κ3) is 4.43. The van der Waals surface area contributed by atoms with Gasteiger partial charge < -0.3 is 9.57 Å². The van der Waals surface area contributed by atoms with Gasteiger partial charge in [-0.3, -0.25) is 0 Å². The van der Waals surface area contributed by atoms with Crippen LogP contribution in [-0.2, 0) is 9.63 Å². The molecule has 0 unspecified atom stereocenters. The van der Waals surface area contributed by atoms with Gasteiger partial charge in [-0.2, -0.15) is 0 Å². The van der Waals surface area contributed by atoms with E-state index in [2.05, 4.69) is 5.16 Å². The lowest BCUT2D eigenvalue weighted by Gasteiger charge is -2.05. The van der Waals surface area contributed by atoms with Crippen LogP contribution < -0.4 is 4.74 Å². The molecular weight excluding hydrogens is 425 g/mol. The molecule has 0 bridgehead atoms. The van der Waals surface area contributed by atoms with Crippen LogP contribution in [0.25, 0.3) is 6.08 Å². The number of carbonyl (C=O) groups is 2. The second-order valence-corrected chi connectivity index (χ2v) is 7.22. The Morgan fingerprint density at radius 2 is 1.47 bits per heavy atom. The molecule has 1 aliphatic heterocycles. The van der Waals surface area contributed by atoms with Crippen LogP contribution in [0, 0.1) is 0 Å². The van der Waals surface area contributed by atoms with E-state index >= 15 is 0 Å². The minimum Gasteiger partial charge on any atom is -0.423 e. The van der Waals surface area contributed by atoms with E-state index in [1.807, 2.05) is 0 Å². The smallest absolute Gasteiger partial charge is 0.368 e. The number of nitrogens with zero attached hydrogens (tertiary/aromatic N) is 1. The highest BCUT2D eigenvalue weighted by atomic mass is 35.5. The van der Waals surface area contributed by atoms with Gasteiger partial charge in [0.05, 0.1) is 11.1 Å². The van der Waals surface area contributed by atoms with Crippen molar-refractivity contribution in [3.8, 4) is 5.75 Å². The average Bonchev–Trinajstić information content (AvgIpc) is 3.11. The van der Waals surface area contributed by atoms with Gasteiger partial charge in [0.25, 0.3) is 0 Å². The zero-order valence-electron chi connectivity index (χ0n) is 15.3. The highest BCUT2D eigenvalue weighted by molar-refractivity contribution is 6.32. The van der Waals surface area contributed by atoms with Crippen molar-refractivity contribution >= 4 is 46.9 Å². The molecule has 148 valence electrons. The summed E-state index contributed by atoms with van der Waals surface area (Å²) in [5.41, 5.74) is 2.57. The molecule has 0 spiro atoms. The molecule has 0 amide bonds. The number of oxime groups is 1. The predicted octanol–water partition coefficient (Wildman–Crippen LogP) is 5.56. The summed E-state index contributed by atoms with van der Waals surface area (Å²) in [5.74, 6) is -0.662. The van der Waals surface area contributed by atoms with E-state index in [4.69, 9.17) is 32.8 Å². The zero-order valence-corrected chi connectivity index (χ0v) is 16.9. The minimum atomic E-state index is -0.543. The average molecular weight is 438 g/mol. The van der Waals surface area contributed by atoms with Crippen LogP contribution in [0.1, 0.15) is 21.5 Å². The number of hydrogen-bond donors (Lipinski definition) is 0. The van der Waals surface area contributed by atoms with E-state index in [0.29, 0.717) is 38.2 Å². The van der Waals surface area contributed by atoms with Gasteiger partial charge in [-0.1, -0.05) is 52.6 Å². The number of halogens is 2. The minimum absolute atomic E-state index is 0.322. The summed E-state index contributed by atoms with van der Waals surface area (Å²) >= 11 is 11.7. The lowest BCUT2D eigenvalue weighted by Crippen LogP contribution is -2.08. The normalized spacial score (nSPS) is 14.4. The molecule has 0 N–H and O–H groups in total. The van der Waals surface area contributed by atoms with Crippen LogP contribution in [0.2, 0.25) is 10.0 Å². The van der Waals surface area contributed by atoms with E-state index in [9.17, 15) is 9.59 Å². The monoisotopic (exact) mass is 437 g/mol. The molecule has 1 heterocycles. The first kappa shape index (κ1) is 19.9. The zero-order chi connectivity index (χ0) is 21.1. The Bertz CT molecular complexity index is 1170. The molecule has 30 heavy (non-hydrogen) atoms. The van der Waals surface area contributed by atoms with Gasteiger partial charge >= 0.3 is 11.9 Å². The number of carbonyl (C=O) groups excluding carboxylic acids is 2. The lowest BCUT2D eigenvalue weighted by atomic mass is 10.0. The second-order valence-electron chi connectivity index (χ2n) is 6.35. The van der Waals surface area contributed by atoms with Crippen molar-refractivity contribution in [2.75, 3.05) is 0 Å². The lowest BCUT2D eigenvalue weighted by molar-refractivity contribution is -0.136. The van der Waals surface area contributed by atoms with E-state index < -0.39 is 11.9 Å². The van der Waals surface area contributed by atoms with Crippen molar-refractivity contribution in [1.82, 2.24) is 0 Å². The number of hydrogen-bond acceptors (Lipinski definition) is 5. The number of esters is 1. The maximum absolute atomic E-state index is 12.2. The van der Waals surface area contributed by atoms with Gasteiger partial charge in [0.2, 0.25) is 0 Å². The van der Waals surface area contributed by atoms with Gasteiger partial charge in [-0.15, -0.1) is 0 Å². The first-order valence-corrected chi connectivity index (χ1v) is 9.60. The Balaban J connectivity index is 1.52. The molecular formula is C23H13Cl2NO4. The van der Waals surface area contributed by atoms with E-state index in [-0.39, 0.29) is 0 Å². The van der Waals surface area contributed by atoms with Crippen molar-refractivity contribution in [2.45, 2.75) is 0 Å². The summed E-state index contributed by atoms with van der Waals surface area (Å²) in [6.45, 7) is 0. The number of benzene rings is 3. The Morgan fingerprint density at radius 3 is 2.10 bits per heavy atom. The Hall–Kier alpha value is -3.41. The highest BCUT2D eigenvalue weighted by Crippen LogP contribution is 2.23. The fraction of sp³-hybridized carbons (Fsp3) is 0. The third-order valence-electron chi connectivity index (χ3n) is 4.29. The first-order chi connectivity index (χ1) is 14.5. The Kier molecular flexibility index (Phi) is 5.65. The van der Waals surface area contributed by atoms with E-state index in [1.54, 1.807) is 78.9 Å². The molecule has 0 saturated carbocycles. The van der Waals surface area contributed by atoms with Crippen LogP contribution in [-0.4, -0.2) is 17.7 Å². The fourth-order valence-electron chi connectivity index (χ4n) is 2.78. The maximum Gasteiger partial charge on any atom is 0.368 e. The van der Waals surface area contributed by atoms with Gasteiger partial charge in [0.1, 0.15) is 11.5 Å². The van der Waals surface area contributed by atoms with Crippen LogP contribution in [0.3, 0.4) is 0 Å². The number of ether oxygens (including phenoxy) is 1. The molecule has 3 aromatic rings. The molecule has 5 nitrogen and oxygen atoms in total. The summed E-state index contributed by atoms with van der Waals surface area (Å²) in [5, 5.41) is 4.99. The molecule has 0 saturated heterocycles.